The smallest absolute Gasteiger partial charge is 0.220 e. The number of hydrogen-bond acceptors (Lipinski definition) is 4. The number of amides is 1. The third kappa shape index (κ3) is 5.54. The van der Waals surface area contributed by atoms with Gasteiger partial charge in [0.1, 0.15) is 0 Å². The van der Waals surface area contributed by atoms with E-state index >= 15 is 0 Å². The number of sulfone groups is 1. The number of carbonyl (C=O) groups excluding carboxylic acids is 1. The summed E-state index contributed by atoms with van der Waals surface area (Å²) in [4.78, 5) is 12.3. The number of nitrogens with two attached hydrogens (primary N) is 1. The lowest BCUT2D eigenvalue weighted by molar-refractivity contribution is -0.121. The molecule has 0 spiro atoms. The third-order valence-electron chi connectivity index (χ3n) is 4.94. The second-order valence-electron chi connectivity index (χ2n) is 8.00. The van der Waals surface area contributed by atoms with E-state index in [-0.39, 0.29) is 35.6 Å². The summed E-state index contributed by atoms with van der Waals surface area (Å²) in [6, 6.07) is 7.10. The van der Waals surface area contributed by atoms with Crippen molar-refractivity contribution in [3.8, 4) is 0 Å². The van der Waals surface area contributed by atoms with Crippen LogP contribution in [0.2, 0.25) is 0 Å². The Labute approximate surface area is 151 Å². The van der Waals surface area contributed by atoms with Gasteiger partial charge in [-0.2, -0.15) is 0 Å². The zero-order chi connectivity index (χ0) is 18.7. The van der Waals surface area contributed by atoms with E-state index in [1.54, 1.807) is 12.1 Å². The Morgan fingerprint density at radius 1 is 1.20 bits per heavy atom. The molecule has 0 bridgehead atoms. The predicted molar refractivity (Wildman–Crippen MR) is 100 cm³/mol. The summed E-state index contributed by atoms with van der Waals surface area (Å²) in [6.07, 6.45) is 3.41. The Morgan fingerprint density at radius 3 is 2.36 bits per heavy atom. The summed E-state index contributed by atoms with van der Waals surface area (Å²) in [7, 11) is -3.40. The van der Waals surface area contributed by atoms with Crippen molar-refractivity contribution in [1.82, 2.24) is 5.32 Å². The Bertz CT molecular complexity index is 690. The van der Waals surface area contributed by atoms with Crippen LogP contribution in [0, 0.1) is 5.92 Å². The van der Waals surface area contributed by atoms with Gasteiger partial charge in [-0.3, -0.25) is 4.79 Å². The molecule has 3 N–H and O–H groups in total. The van der Waals surface area contributed by atoms with Gasteiger partial charge in [-0.05, 0) is 41.9 Å². The van der Waals surface area contributed by atoms with Gasteiger partial charge in [-0.1, -0.05) is 39.3 Å². The molecule has 2 atom stereocenters. The average Bonchev–Trinajstić information content (AvgIpc) is 2.91. The monoisotopic (exact) mass is 366 g/mol. The van der Waals surface area contributed by atoms with Gasteiger partial charge in [0.25, 0.3) is 0 Å². The summed E-state index contributed by atoms with van der Waals surface area (Å²) < 4.78 is 24.8. The lowest BCUT2D eigenvalue weighted by Gasteiger charge is -2.19. The van der Waals surface area contributed by atoms with Crippen LogP contribution in [0.1, 0.15) is 52.0 Å². The topological polar surface area (TPSA) is 89.3 Å². The van der Waals surface area contributed by atoms with Crippen LogP contribution in [0.3, 0.4) is 0 Å². The van der Waals surface area contributed by atoms with E-state index in [0.717, 1.165) is 24.8 Å². The van der Waals surface area contributed by atoms with E-state index in [1.165, 1.54) is 0 Å². The molecule has 1 aliphatic rings. The third-order valence-corrected chi connectivity index (χ3v) is 6.67. The Hall–Kier alpha value is -1.40. The fourth-order valence-corrected chi connectivity index (χ4v) is 4.39. The van der Waals surface area contributed by atoms with Crippen molar-refractivity contribution >= 4 is 15.7 Å². The van der Waals surface area contributed by atoms with Crippen LogP contribution in [0.25, 0.3) is 0 Å². The van der Waals surface area contributed by atoms with E-state index in [2.05, 4.69) is 26.1 Å². The first kappa shape index (κ1) is 19.9. The molecule has 140 valence electrons. The maximum Gasteiger partial charge on any atom is 0.220 e. The van der Waals surface area contributed by atoms with Gasteiger partial charge >= 0.3 is 0 Å². The first-order valence-corrected chi connectivity index (χ1v) is 10.6. The first-order valence-electron chi connectivity index (χ1n) is 8.95. The van der Waals surface area contributed by atoms with Gasteiger partial charge in [0, 0.05) is 19.0 Å². The molecule has 25 heavy (non-hydrogen) atoms. The maximum atomic E-state index is 12.4. The molecule has 0 saturated heterocycles. The summed E-state index contributed by atoms with van der Waals surface area (Å²) in [5, 5.41) is 2.72. The zero-order valence-electron chi connectivity index (χ0n) is 15.4. The first-order chi connectivity index (χ1) is 11.6. The van der Waals surface area contributed by atoms with Crippen molar-refractivity contribution < 1.29 is 13.2 Å². The van der Waals surface area contributed by atoms with E-state index in [9.17, 15) is 13.2 Å². The van der Waals surface area contributed by atoms with E-state index in [1.807, 2.05) is 12.1 Å². The number of carbonyl (C=O) groups is 1. The fraction of sp³-hybridized carbons (Fsp3) is 0.632. The van der Waals surface area contributed by atoms with E-state index < -0.39 is 9.84 Å². The maximum absolute atomic E-state index is 12.4. The van der Waals surface area contributed by atoms with Crippen LogP contribution in [0.15, 0.2) is 29.2 Å². The summed E-state index contributed by atoms with van der Waals surface area (Å²) in [5.41, 5.74) is 7.04. The lowest BCUT2D eigenvalue weighted by Crippen LogP contribution is -2.33. The molecule has 5 nitrogen and oxygen atoms in total. The van der Waals surface area contributed by atoms with Gasteiger partial charge < -0.3 is 11.1 Å². The average molecular weight is 367 g/mol. The SMILES string of the molecule is CC(C)(C)c1ccc(S(=O)(=O)CCNC(=O)C[C@@H]2CCC[C@H]2N)cc1. The van der Waals surface area contributed by atoms with Gasteiger partial charge in [-0.15, -0.1) is 0 Å². The highest BCUT2D eigenvalue weighted by atomic mass is 32.2. The highest BCUT2D eigenvalue weighted by Gasteiger charge is 2.26. The van der Waals surface area contributed by atoms with E-state index in [0.29, 0.717) is 11.3 Å². The molecule has 1 aliphatic carbocycles. The molecule has 0 aromatic heterocycles. The molecule has 1 aromatic carbocycles. The van der Waals surface area contributed by atoms with Crippen LogP contribution >= 0.6 is 0 Å². The molecule has 0 aliphatic heterocycles. The highest BCUT2D eigenvalue weighted by Crippen LogP contribution is 2.26. The summed E-state index contributed by atoms with van der Waals surface area (Å²) in [5.74, 6) is 0.0202. The van der Waals surface area contributed by atoms with Crippen molar-refractivity contribution in [2.24, 2.45) is 11.7 Å². The summed E-state index contributed by atoms with van der Waals surface area (Å²) in [6.45, 7) is 6.39. The summed E-state index contributed by atoms with van der Waals surface area (Å²) >= 11 is 0. The molecule has 6 heteroatoms. The van der Waals surface area contributed by atoms with Gasteiger partial charge in [0.05, 0.1) is 10.6 Å². The quantitative estimate of drug-likeness (QED) is 0.809. The van der Waals surface area contributed by atoms with Crippen LogP contribution in [0.5, 0.6) is 0 Å². The molecule has 1 fully saturated rings. The van der Waals surface area contributed by atoms with Crippen LogP contribution in [0.4, 0.5) is 0 Å². The largest absolute Gasteiger partial charge is 0.355 e. The van der Waals surface area contributed by atoms with Crippen molar-refractivity contribution in [1.29, 1.82) is 0 Å². The number of nitrogens with one attached hydrogen (secondary N) is 1. The normalized spacial score (nSPS) is 21.3. The van der Waals surface area contributed by atoms with Gasteiger partial charge in [-0.25, -0.2) is 8.42 Å². The molecule has 1 saturated carbocycles. The minimum absolute atomic E-state index is 0.0165. The highest BCUT2D eigenvalue weighted by molar-refractivity contribution is 7.91. The predicted octanol–water partition coefficient (Wildman–Crippen LogP) is 2.39. The van der Waals surface area contributed by atoms with Crippen molar-refractivity contribution in [3.05, 3.63) is 29.8 Å². The molecule has 1 amide bonds. The number of benzene rings is 1. The zero-order valence-corrected chi connectivity index (χ0v) is 16.2. The molecule has 0 heterocycles. The molecule has 2 rings (SSSR count). The molecule has 1 aromatic rings. The van der Waals surface area contributed by atoms with Gasteiger partial charge in [0.2, 0.25) is 5.91 Å². The number of hydrogen-bond donors (Lipinski definition) is 2. The Morgan fingerprint density at radius 2 is 1.84 bits per heavy atom. The van der Waals surface area contributed by atoms with Crippen molar-refractivity contribution in [2.75, 3.05) is 12.3 Å². The second-order valence-corrected chi connectivity index (χ2v) is 10.1. The van der Waals surface area contributed by atoms with Crippen LogP contribution in [-0.2, 0) is 20.0 Å². The van der Waals surface area contributed by atoms with Crippen LogP contribution in [-0.4, -0.2) is 32.7 Å². The van der Waals surface area contributed by atoms with E-state index in [4.69, 9.17) is 5.73 Å². The lowest BCUT2D eigenvalue weighted by atomic mass is 9.87. The van der Waals surface area contributed by atoms with Crippen LogP contribution < -0.4 is 11.1 Å². The fourth-order valence-electron chi connectivity index (χ4n) is 3.23. The molecular formula is C19H30N2O3S. The Balaban J connectivity index is 1.85. The second kappa shape index (κ2) is 7.87. The van der Waals surface area contributed by atoms with Gasteiger partial charge in [0.15, 0.2) is 9.84 Å². The molecular weight excluding hydrogens is 336 g/mol. The number of rotatable bonds is 6. The molecule has 0 unspecified atom stereocenters. The van der Waals surface area contributed by atoms with Crippen molar-refractivity contribution in [3.63, 3.8) is 0 Å². The minimum atomic E-state index is -3.40. The standard InChI is InChI=1S/C19H30N2O3S/c1-19(2,3)15-7-9-16(10-8-15)25(23,24)12-11-21-18(22)13-14-5-4-6-17(14)20/h7-10,14,17H,4-6,11-13,20H2,1-3H3,(H,21,22)/t14-,17+/m0/s1. The minimum Gasteiger partial charge on any atom is -0.355 e. The molecule has 0 radical (unpaired) electrons. The van der Waals surface area contributed by atoms with Crippen molar-refractivity contribution in [2.45, 2.75) is 62.8 Å². The Kier molecular flexibility index (Phi) is 6.27.